The third-order valence-electron chi connectivity index (χ3n) is 3.59. The molecule has 0 amide bonds. The molecule has 1 aromatic heterocycles. The topological polar surface area (TPSA) is 47.0 Å². The number of anilines is 2. The Balaban J connectivity index is 1.87. The molecule has 0 fully saturated rings. The van der Waals surface area contributed by atoms with Gasteiger partial charge in [-0.25, -0.2) is 9.97 Å². The minimum atomic E-state index is -4.39. The Morgan fingerprint density at radius 3 is 2.54 bits per heavy atom. The summed E-state index contributed by atoms with van der Waals surface area (Å²) in [4.78, 5) is 8.35. The maximum atomic E-state index is 12.8. The Kier molecular flexibility index (Phi) is 5.13. The molecule has 2 aromatic carbocycles. The number of nitrogens with one attached hydrogen (secondary N) is 1. The molecule has 0 radical (unpaired) electrons. The van der Waals surface area contributed by atoms with E-state index in [1.54, 1.807) is 13.2 Å². The van der Waals surface area contributed by atoms with Crippen LogP contribution in [0.5, 0.6) is 5.75 Å². The summed E-state index contributed by atoms with van der Waals surface area (Å²) < 4.78 is 43.8. The fourth-order valence-electron chi connectivity index (χ4n) is 2.30. The predicted molar refractivity (Wildman–Crippen MR) is 96.4 cm³/mol. The van der Waals surface area contributed by atoms with Crippen LogP contribution in [0.2, 0.25) is 0 Å². The lowest BCUT2D eigenvalue weighted by molar-refractivity contribution is -0.137. The van der Waals surface area contributed by atoms with Crippen molar-refractivity contribution in [1.29, 1.82) is 0 Å². The number of rotatable bonds is 4. The van der Waals surface area contributed by atoms with Gasteiger partial charge in [0.1, 0.15) is 17.9 Å². The molecule has 0 aliphatic heterocycles. The van der Waals surface area contributed by atoms with E-state index in [4.69, 9.17) is 4.74 Å². The van der Waals surface area contributed by atoms with E-state index in [1.807, 2.05) is 24.3 Å². The highest BCUT2D eigenvalue weighted by molar-refractivity contribution is 9.10. The summed E-state index contributed by atoms with van der Waals surface area (Å²) in [5.41, 5.74) is 1.23. The minimum absolute atomic E-state index is 0.286. The largest absolute Gasteiger partial charge is 0.497 e. The van der Waals surface area contributed by atoms with Crippen molar-refractivity contribution in [3.05, 3.63) is 64.9 Å². The van der Waals surface area contributed by atoms with Crippen molar-refractivity contribution >= 4 is 27.4 Å². The Morgan fingerprint density at radius 2 is 1.85 bits per heavy atom. The number of methoxy groups -OCH3 is 1. The molecule has 1 N–H and O–H groups in total. The highest BCUT2D eigenvalue weighted by atomic mass is 79.9. The smallest absolute Gasteiger partial charge is 0.416 e. The molecule has 0 aliphatic rings. The Labute approximate surface area is 156 Å². The number of ether oxygens (including phenoxy) is 1. The Morgan fingerprint density at radius 1 is 1.04 bits per heavy atom. The van der Waals surface area contributed by atoms with Crippen molar-refractivity contribution in [3.63, 3.8) is 0 Å². The van der Waals surface area contributed by atoms with Gasteiger partial charge in [-0.2, -0.15) is 13.2 Å². The average molecular weight is 424 g/mol. The maximum absolute atomic E-state index is 12.8. The van der Waals surface area contributed by atoms with Crippen molar-refractivity contribution in [2.45, 2.75) is 6.18 Å². The van der Waals surface area contributed by atoms with Crippen LogP contribution in [-0.4, -0.2) is 17.1 Å². The molecule has 0 saturated heterocycles. The molecular weight excluding hydrogens is 411 g/mol. The predicted octanol–water partition coefficient (Wildman–Crippen LogP) is 5.68. The first-order valence-electron chi connectivity index (χ1n) is 7.47. The molecule has 4 nitrogen and oxygen atoms in total. The second kappa shape index (κ2) is 7.33. The van der Waals surface area contributed by atoms with Gasteiger partial charge < -0.3 is 10.1 Å². The van der Waals surface area contributed by atoms with Crippen LogP contribution in [0.15, 0.2) is 59.3 Å². The Bertz CT molecular complexity index is 932. The summed E-state index contributed by atoms with van der Waals surface area (Å²) in [6.07, 6.45) is -3.01. The molecule has 0 spiro atoms. The van der Waals surface area contributed by atoms with Gasteiger partial charge in [0.05, 0.1) is 24.1 Å². The van der Waals surface area contributed by atoms with Crippen molar-refractivity contribution in [1.82, 2.24) is 9.97 Å². The van der Waals surface area contributed by atoms with Crippen LogP contribution < -0.4 is 10.1 Å². The van der Waals surface area contributed by atoms with Gasteiger partial charge in [-0.3, -0.25) is 0 Å². The van der Waals surface area contributed by atoms with E-state index in [1.165, 1.54) is 12.4 Å². The standard InChI is InChI=1S/C18H13BrF3N3O/c1-26-13-4-2-3-11(7-13)16-9-17(24-10-23-16)25-15-6-5-12(8-14(15)19)18(20,21)22/h2-10H,1H3,(H,23,24,25). The number of nitrogens with zero attached hydrogens (tertiary/aromatic N) is 2. The summed E-state index contributed by atoms with van der Waals surface area (Å²) in [5.74, 6) is 1.15. The molecule has 26 heavy (non-hydrogen) atoms. The number of hydrogen-bond acceptors (Lipinski definition) is 4. The zero-order chi connectivity index (χ0) is 18.7. The molecule has 0 aliphatic carbocycles. The molecule has 0 saturated carbocycles. The van der Waals surface area contributed by atoms with Crippen LogP contribution in [0.25, 0.3) is 11.3 Å². The van der Waals surface area contributed by atoms with Crippen LogP contribution in [0, 0.1) is 0 Å². The van der Waals surface area contributed by atoms with Crippen LogP contribution in [-0.2, 0) is 6.18 Å². The van der Waals surface area contributed by atoms with Gasteiger partial charge in [0.2, 0.25) is 0 Å². The first-order chi connectivity index (χ1) is 12.4. The molecule has 134 valence electrons. The van der Waals surface area contributed by atoms with Crippen LogP contribution in [0.4, 0.5) is 24.7 Å². The molecule has 3 rings (SSSR count). The second-order valence-corrected chi connectivity index (χ2v) is 6.19. The molecular formula is C18H13BrF3N3O. The zero-order valence-electron chi connectivity index (χ0n) is 13.5. The minimum Gasteiger partial charge on any atom is -0.497 e. The number of benzene rings is 2. The first-order valence-corrected chi connectivity index (χ1v) is 8.26. The third kappa shape index (κ3) is 4.13. The fourth-order valence-corrected chi connectivity index (χ4v) is 2.77. The summed E-state index contributed by atoms with van der Waals surface area (Å²) >= 11 is 3.16. The van der Waals surface area contributed by atoms with Crippen molar-refractivity contribution in [2.24, 2.45) is 0 Å². The van der Waals surface area contributed by atoms with Crippen molar-refractivity contribution in [2.75, 3.05) is 12.4 Å². The summed E-state index contributed by atoms with van der Waals surface area (Å²) in [6.45, 7) is 0. The van der Waals surface area contributed by atoms with E-state index < -0.39 is 11.7 Å². The maximum Gasteiger partial charge on any atom is 0.416 e. The van der Waals surface area contributed by atoms with E-state index in [0.29, 0.717) is 22.9 Å². The van der Waals surface area contributed by atoms with E-state index >= 15 is 0 Å². The third-order valence-corrected chi connectivity index (χ3v) is 4.25. The number of alkyl halides is 3. The number of hydrogen-bond donors (Lipinski definition) is 1. The fraction of sp³-hybridized carbons (Fsp3) is 0.111. The van der Waals surface area contributed by atoms with E-state index in [-0.39, 0.29) is 4.47 Å². The number of aromatic nitrogens is 2. The van der Waals surface area contributed by atoms with Crippen molar-refractivity contribution < 1.29 is 17.9 Å². The van der Waals surface area contributed by atoms with E-state index in [0.717, 1.165) is 17.7 Å². The van der Waals surface area contributed by atoms with Gasteiger partial charge in [0, 0.05) is 16.1 Å². The van der Waals surface area contributed by atoms with Gasteiger partial charge in [-0.1, -0.05) is 12.1 Å². The lowest BCUT2D eigenvalue weighted by Gasteiger charge is -2.12. The van der Waals surface area contributed by atoms with Gasteiger partial charge >= 0.3 is 6.18 Å². The van der Waals surface area contributed by atoms with Crippen LogP contribution in [0.1, 0.15) is 5.56 Å². The quantitative estimate of drug-likeness (QED) is 0.586. The highest BCUT2D eigenvalue weighted by Gasteiger charge is 2.30. The van der Waals surface area contributed by atoms with Crippen LogP contribution >= 0.6 is 15.9 Å². The molecule has 3 aromatic rings. The van der Waals surface area contributed by atoms with Gasteiger partial charge in [-0.05, 0) is 46.3 Å². The second-order valence-electron chi connectivity index (χ2n) is 5.34. The lowest BCUT2D eigenvalue weighted by atomic mass is 10.1. The SMILES string of the molecule is COc1cccc(-c2cc(Nc3ccc(C(F)(F)F)cc3Br)ncn2)c1. The average Bonchev–Trinajstić information content (AvgIpc) is 2.63. The number of halogens is 4. The van der Waals surface area contributed by atoms with Crippen molar-refractivity contribution in [3.8, 4) is 17.0 Å². The summed E-state index contributed by atoms with van der Waals surface area (Å²) in [5, 5.41) is 2.99. The lowest BCUT2D eigenvalue weighted by Crippen LogP contribution is -2.05. The van der Waals surface area contributed by atoms with E-state index in [2.05, 4.69) is 31.2 Å². The summed E-state index contributed by atoms with van der Waals surface area (Å²) in [7, 11) is 1.58. The van der Waals surface area contributed by atoms with Gasteiger partial charge in [-0.15, -0.1) is 0 Å². The van der Waals surface area contributed by atoms with Crippen LogP contribution in [0.3, 0.4) is 0 Å². The normalized spacial score (nSPS) is 11.3. The molecule has 1 heterocycles. The molecule has 8 heteroatoms. The monoisotopic (exact) mass is 423 g/mol. The van der Waals surface area contributed by atoms with Gasteiger partial charge in [0.15, 0.2) is 0 Å². The molecule has 0 bridgehead atoms. The first kappa shape index (κ1) is 18.2. The van der Waals surface area contributed by atoms with E-state index in [9.17, 15) is 13.2 Å². The zero-order valence-corrected chi connectivity index (χ0v) is 15.1. The summed E-state index contributed by atoms with van der Waals surface area (Å²) in [6, 6.07) is 12.5. The van der Waals surface area contributed by atoms with Gasteiger partial charge in [0.25, 0.3) is 0 Å². The highest BCUT2D eigenvalue weighted by Crippen LogP contribution is 2.35. The molecule has 0 unspecified atom stereocenters. The molecule has 0 atom stereocenters. The Hall–Kier alpha value is -2.61.